The number of carbonyl (C=O) groups is 1. The van der Waals surface area contributed by atoms with Crippen LogP contribution in [0.4, 0.5) is 0 Å². The molecule has 0 aliphatic heterocycles. The standard InChI is InChI=1S/C12H17O4PS2/c1-4-15-12(13)11(10-8-6-5-7-9-10)16-17(18,14-2)19-3/h5-9,11H,4H2,1-3H3. The Morgan fingerprint density at radius 2 is 2.05 bits per heavy atom. The predicted octanol–water partition coefficient (Wildman–Crippen LogP) is 3.54. The van der Waals surface area contributed by atoms with Gasteiger partial charge in [-0.15, -0.1) is 0 Å². The third-order valence-corrected chi connectivity index (χ3v) is 7.74. The minimum absolute atomic E-state index is 0.292. The summed E-state index contributed by atoms with van der Waals surface area (Å²) in [4.78, 5) is 12.0. The summed E-state index contributed by atoms with van der Waals surface area (Å²) in [6.45, 7) is 2.04. The lowest BCUT2D eigenvalue weighted by Gasteiger charge is -2.23. The fourth-order valence-electron chi connectivity index (χ4n) is 1.38. The molecule has 7 heteroatoms. The van der Waals surface area contributed by atoms with Gasteiger partial charge >= 0.3 is 5.97 Å². The van der Waals surface area contributed by atoms with Crippen molar-refractivity contribution in [2.24, 2.45) is 0 Å². The van der Waals surface area contributed by atoms with E-state index >= 15 is 0 Å². The first-order valence-corrected chi connectivity index (χ1v) is 10.1. The van der Waals surface area contributed by atoms with Crippen molar-refractivity contribution in [3.63, 3.8) is 0 Å². The lowest BCUT2D eigenvalue weighted by molar-refractivity contribution is -0.151. The van der Waals surface area contributed by atoms with Crippen molar-refractivity contribution in [2.75, 3.05) is 20.0 Å². The zero-order valence-corrected chi connectivity index (χ0v) is 13.6. The molecule has 0 saturated carbocycles. The van der Waals surface area contributed by atoms with Gasteiger partial charge in [0, 0.05) is 7.11 Å². The van der Waals surface area contributed by atoms with Gasteiger partial charge in [-0.25, -0.2) is 4.79 Å². The first kappa shape index (κ1) is 16.7. The molecule has 0 aliphatic carbocycles. The summed E-state index contributed by atoms with van der Waals surface area (Å²) >= 11 is 6.61. The van der Waals surface area contributed by atoms with Crippen molar-refractivity contribution in [2.45, 2.75) is 13.0 Å². The van der Waals surface area contributed by atoms with Gasteiger partial charge in [0.2, 0.25) is 5.69 Å². The van der Waals surface area contributed by atoms with E-state index in [-0.39, 0.29) is 0 Å². The van der Waals surface area contributed by atoms with Crippen molar-refractivity contribution < 1.29 is 18.6 Å². The van der Waals surface area contributed by atoms with Crippen LogP contribution in [-0.4, -0.2) is 25.9 Å². The summed E-state index contributed by atoms with van der Waals surface area (Å²) in [5.41, 5.74) is -1.82. The van der Waals surface area contributed by atoms with Gasteiger partial charge in [-0.1, -0.05) is 41.7 Å². The normalized spacial score (nSPS) is 15.5. The second kappa shape index (κ2) is 8.02. The summed E-state index contributed by atoms with van der Waals surface area (Å²) in [5.74, 6) is -0.450. The zero-order valence-electron chi connectivity index (χ0n) is 11.1. The topological polar surface area (TPSA) is 44.8 Å². The summed E-state index contributed by atoms with van der Waals surface area (Å²) in [5, 5.41) is 0. The van der Waals surface area contributed by atoms with Crippen molar-refractivity contribution in [3.8, 4) is 0 Å². The molecule has 2 atom stereocenters. The molecule has 1 aromatic carbocycles. The van der Waals surface area contributed by atoms with Crippen LogP contribution in [0.1, 0.15) is 18.6 Å². The van der Waals surface area contributed by atoms with Crippen molar-refractivity contribution >= 4 is 34.9 Å². The molecule has 0 fully saturated rings. The SMILES string of the molecule is CCOC(=O)C(OP(=S)(OC)SC)c1ccccc1. The summed E-state index contributed by atoms with van der Waals surface area (Å²) in [7, 11) is 1.49. The highest BCUT2D eigenvalue weighted by Gasteiger charge is 2.30. The highest BCUT2D eigenvalue weighted by Crippen LogP contribution is 2.61. The molecule has 19 heavy (non-hydrogen) atoms. The Kier molecular flexibility index (Phi) is 7.04. The maximum absolute atomic E-state index is 12.0. The average molecular weight is 320 g/mol. The van der Waals surface area contributed by atoms with Crippen LogP contribution in [-0.2, 0) is 30.4 Å². The zero-order chi connectivity index (χ0) is 14.3. The summed E-state index contributed by atoms with van der Waals surface area (Å²) < 4.78 is 16.0. The molecule has 106 valence electrons. The molecule has 1 aromatic rings. The fraction of sp³-hybridized carbons (Fsp3) is 0.417. The largest absolute Gasteiger partial charge is 0.464 e. The molecule has 1 rings (SSSR count). The van der Waals surface area contributed by atoms with Crippen LogP contribution in [0.25, 0.3) is 0 Å². The van der Waals surface area contributed by atoms with Gasteiger partial charge in [-0.3, -0.25) is 0 Å². The number of hydrogen-bond donors (Lipinski definition) is 0. The van der Waals surface area contributed by atoms with Crippen molar-refractivity contribution in [1.82, 2.24) is 0 Å². The maximum atomic E-state index is 12.0. The predicted molar refractivity (Wildman–Crippen MR) is 81.7 cm³/mol. The number of ether oxygens (including phenoxy) is 1. The average Bonchev–Trinajstić information content (AvgIpc) is 2.45. The van der Waals surface area contributed by atoms with E-state index in [9.17, 15) is 4.79 Å². The quantitative estimate of drug-likeness (QED) is 0.565. The summed E-state index contributed by atoms with van der Waals surface area (Å²) in [6.07, 6.45) is 0.955. The van der Waals surface area contributed by atoms with E-state index in [1.165, 1.54) is 18.5 Å². The molecule has 0 saturated heterocycles. The lowest BCUT2D eigenvalue weighted by atomic mass is 10.1. The molecule has 2 unspecified atom stereocenters. The van der Waals surface area contributed by atoms with E-state index in [1.807, 2.05) is 18.2 Å². The molecule has 0 aromatic heterocycles. The minimum Gasteiger partial charge on any atom is -0.464 e. The van der Waals surface area contributed by atoms with Gasteiger partial charge in [-0.05, 0) is 30.5 Å². The second-order valence-corrected chi connectivity index (χ2v) is 9.97. The maximum Gasteiger partial charge on any atom is 0.340 e. The van der Waals surface area contributed by atoms with E-state index in [1.54, 1.807) is 25.3 Å². The Hall–Kier alpha value is -0.390. The van der Waals surface area contributed by atoms with Gasteiger partial charge in [0.1, 0.15) is 0 Å². The van der Waals surface area contributed by atoms with Crippen LogP contribution in [0.2, 0.25) is 0 Å². The van der Waals surface area contributed by atoms with E-state index in [0.29, 0.717) is 12.2 Å². The number of esters is 1. The Morgan fingerprint density at radius 1 is 1.42 bits per heavy atom. The van der Waals surface area contributed by atoms with E-state index < -0.39 is 17.8 Å². The van der Waals surface area contributed by atoms with E-state index in [2.05, 4.69) is 0 Å². The highest BCUT2D eigenvalue weighted by atomic mass is 32.9. The molecule has 0 amide bonds. The van der Waals surface area contributed by atoms with Crippen LogP contribution in [0, 0.1) is 0 Å². The minimum atomic E-state index is -2.53. The van der Waals surface area contributed by atoms with Crippen LogP contribution >= 0.6 is 17.1 Å². The molecule has 0 radical (unpaired) electrons. The molecule has 0 aliphatic rings. The number of benzene rings is 1. The monoisotopic (exact) mass is 320 g/mol. The fourth-order valence-corrected chi connectivity index (χ4v) is 3.38. The third kappa shape index (κ3) is 4.89. The van der Waals surface area contributed by atoms with Crippen LogP contribution in [0.3, 0.4) is 0 Å². The van der Waals surface area contributed by atoms with Crippen LogP contribution < -0.4 is 0 Å². The van der Waals surface area contributed by atoms with Gasteiger partial charge < -0.3 is 13.8 Å². The molecular weight excluding hydrogens is 303 g/mol. The molecular formula is C12H17O4PS2. The number of rotatable bonds is 7. The van der Waals surface area contributed by atoms with Gasteiger partial charge in [0.15, 0.2) is 6.10 Å². The van der Waals surface area contributed by atoms with Crippen LogP contribution in [0.5, 0.6) is 0 Å². The molecule has 0 bridgehead atoms. The number of carbonyl (C=O) groups excluding carboxylic acids is 1. The van der Waals surface area contributed by atoms with Gasteiger partial charge in [-0.2, -0.15) is 0 Å². The Balaban J connectivity index is 3.00. The first-order chi connectivity index (χ1) is 9.06. The number of hydrogen-bond acceptors (Lipinski definition) is 6. The van der Waals surface area contributed by atoms with Crippen molar-refractivity contribution in [3.05, 3.63) is 35.9 Å². The molecule has 4 nitrogen and oxygen atoms in total. The first-order valence-electron chi connectivity index (χ1n) is 5.67. The Labute approximate surface area is 122 Å². The smallest absolute Gasteiger partial charge is 0.340 e. The summed E-state index contributed by atoms with van der Waals surface area (Å²) in [6, 6.07) is 9.14. The van der Waals surface area contributed by atoms with Crippen molar-refractivity contribution in [1.29, 1.82) is 0 Å². The second-order valence-electron chi connectivity index (χ2n) is 3.46. The third-order valence-electron chi connectivity index (χ3n) is 2.28. The Morgan fingerprint density at radius 3 is 2.53 bits per heavy atom. The molecule has 0 spiro atoms. The van der Waals surface area contributed by atoms with E-state index in [0.717, 1.165) is 0 Å². The van der Waals surface area contributed by atoms with E-state index in [4.69, 9.17) is 25.6 Å². The lowest BCUT2D eigenvalue weighted by Crippen LogP contribution is -2.18. The van der Waals surface area contributed by atoms with Gasteiger partial charge in [0.05, 0.1) is 6.61 Å². The Bertz CT molecular complexity index is 444. The van der Waals surface area contributed by atoms with Gasteiger partial charge in [0.25, 0.3) is 0 Å². The molecule has 0 heterocycles. The molecule has 0 N–H and O–H groups in total. The van der Waals surface area contributed by atoms with Crippen LogP contribution in [0.15, 0.2) is 30.3 Å². The highest BCUT2D eigenvalue weighted by molar-refractivity contribution is 8.67.